The third-order valence-electron chi connectivity index (χ3n) is 4.85. The first-order valence-electron chi connectivity index (χ1n) is 9.84. The molecule has 30 heavy (non-hydrogen) atoms. The lowest BCUT2D eigenvalue weighted by Gasteiger charge is -2.16. The van der Waals surface area contributed by atoms with Gasteiger partial charge in [0.2, 0.25) is 5.90 Å². The summed E-state index contributed by atoms with van der Waals surface area (Å²) >= 11 is 0. The number of carbonyl (C=O) groups is 1. The first kappa shape index (κ1) is 19.7. The molecule has 0 bridgehead atoms. The molecule has 0 fully saturated rings. The lowest BCUT2D eigenvalue weighted by atomic mass is 10.1. The summed E-state index contributed by atoms with van der Waals surface area (Å²) in [5, 5.41) is 0. The van der Waals surface area contributed by atoms with E-state index in [1.165, 1.54) is 0 Å². The first-order valence-corrected chi connectivity index (χ1v) is 9.84. The van der Waals surface area contributed by atoms with Crippen LogP contribution in [0.2, 0.25) is 0 Å². The summed E-state index contributed by atoms with van der Waals surface area (Å²) in [6.45, 7) is 2.49. The quantitative estimate of drug-likeness (QED) is 0.545. The van der Waals surface area contributed by atoms with Gasteiger partial charge in [0.25, 0.3) is 0 Å². The smallest absolute Gasteiger partial charge is 0.337 e. The number of rotatable bonds is 7. The van der Waals surface area contributed by atoms with Gasteiger partial charge in [-0.1, -0.05) is 72.8 Å². The van der Waals surface area contributed by atoms with Crippen molar-refractivity contribution >= 4 is 11.9 Å². The van der Waals surface area contributed by atoms with E-state index in [1.807, 2.05) is 84.9 Å². The second kappa shape index (κ2) is 8.82. The number of benzene rings is 3. The van der Waals surface area contributed by atoms with E-state index >= 15 is 0 Å². The van der Waals surface area contributed by atoms with E-state index in [2.05, 4.69) is 4.99 Å². The van der Waals surface area contributed by atoms with Crippen molar-refractivity contribution in [1.29, 1.82) is 0 Å². The zero-order valence-corrected chi connectivity index (χ0v) is 16.8. The van der Waals surface area contributed by atoms with Gasteiger partial charge in [0, 0.05) is 0 Å². The van der Waals surface area contributed by atoms with Crippen molar-refractivity contribution in [2.75, 3.05) is 6.61 Å². The average Bonchev–Trinajstić information content (AvgIpc) is 3.21. The molecule has 1 atom stereocenters. The van der Waals surface area contributed by atoms with Gasteiger partial charge in [0.05, 0.1) is 5.56 Å². The highest BCUT2D eigenvalue weighted by Crippen LogP contribution is 2.28. The standard InChI is InChI=1S/C25H23NO4/c1-25(24(27)29-17-20-12-6-3-7-13-20)18-30-23(26-25)21-14-8-9-15-22(21)28-16-19-10-4-2-5-11-19/h2-15H,16-18H2,1H3. The Kier molecular flexibility index (Phi) is 5.80. The van der Waals surface area contributed by atoms with Gasteiger partial charge in [-0.05, 0) is 30.2 Å². The van der Waals surface area contributed by atoms with Crippen LogP contribution in [0.4, 0.5) is 0 Å². The van der Waals surface area contributed by atoms with Crippen LogP contribution < -0.4 is 4.74 Å². The second-order valence-corrected chi connectivity index (χ2v) is 7.31. The van der Waals surface area contributed by atoms with Crippen LogP contribution in [0.15, 0.2) is 89.9 Å². The molecule has 1 aliphatic heterocycles. The lowest BCUT2D eigenvalue weighted by molar-refractivity contribution is -0.151. The Bertz CT molecular complexity index is 1030. The number of hydrogen-bond donors (Lipinski definition) is 0. The molecule has 0 spiro atoms. The molecule has 3 aromatic rings. The Hall–Kier alpha value is -3.60. The Morgan fingerprint density at radius 3 is 2.20 bits per heavy atom. The van der Waals surface area contributed by atoms with Crippen LogP contribution in [-0.4, -0.2) is 24.0 Å². The molecule has 152 valence electrons. The maximum absolute atomic E-state index is 12.7. The highest BCUT2D eigenvalue weighted by molar-refractivity contribution is 6.00. The number of para-hydroxylation sites is 1. The van der Waals surface area contributed by atoms with Crippen molar-refractivity contribution < 1.29 is 19.0 Å². The Morgan fingerprint density at radius 2 is 1.50 bits per heavy atom. The molecule has 1 heterocycles. The van der Waals surface area contributed by atoms with Gasteiger partial charge < -0.3 is 14.2 Å². The fourth-order valence-corrected chi connectivity index (χ4v) is 3.12. The molecule has 0 radical (unpaired) electrons. The van der Waals surface area contributed by atoms with Crippen molar-refractivity contribution in [2.45, 2.75) is 25.7 Å². The number of carbonyl (C=O) groups excluding carboxylic acids is 1. The van der Waals surface area contributed by atoms with Crippen LogP contribution in [0.1, 0.15) is 23.6 Å². The molecule has 0 aromatic heterocycles. The SMILES string of the molecule is CC1(C(=O)OCc2ccccc2)COC(c2ccccc2OCc2ccccc2)=N1. The summed E-state index contributed by atoms with van der Waals surface area (Å²) < 4.78 is 17.3. The second-order valence-electron chi connectivity index (χ2n) is 7.31. The minimum Gasteiger partial charge on any atom is -0.488 e. The monoisotopic (exact) mass is 401 g/mol. The summed E-state index contributed by atoms with van der Waals surface area (Å²) in [4.78, 5) is 17.2. The number of hydrogen-bond acceptors (Lipinski definition) is 5. The fraction of sp³-hybridized carbons (Fsp3) is 0.200. The van der Waals surface area contributed by atoms with Crippen molar-refractivity contribution in [3.8, 4) is 5.75 Å². The molecule has 0 saturated carbocycles. The van der Waals surface area contributed by atoms with Crippen molar-refractivity contribution in [3.63, 3.8) is 0 Å². The Labute approximate surface area is 175 Å². The molecule has 5 heteroatoms. The average molecular weight is 401 g/mol. The van der Waals surface area contributed by atoms with E-state index in [1.54, 1.807) is 6.92 Å². The van der Waals surface area contributed by atoms with Gasteiger partial charge >= 0.3 is 5.97 Å². The molecule has 0 amide bonds. The lowest BCUT2D eigenvalue weighted by Crippen LogP contribution is -2.36. The zero-order valence-electron chi connectivity index (χ0n) is 16.8. The van der Waals surface area contributed by atoms with E-state index in [0.717, 1.165) is 11.1 Å². The third-order valence-corrected chi connectivity index (χ3v) is 4.85. The minimum absolute atomic E-state index is 0.128. The number of aliphatic imine (C=N–C) groups is 1. The third kappa shape index (κ3) is 4.51. The molecule has 0 aliphatic carbocycles. The van der Waals surface area contributed by atoms with Crippen LogP contribution >= 0.6 is 0 Å². The highest BCUT2D eigenvalue weighted by atomic mass is 16.5. The van der Waals surface area contributed by atoms with E-state index in [9.17, 15) is 4.79 Å². The van der Waals surface area contributed by atoms with Crippen LogP contribution in [0.3, 0.4) is 0 Å². The molecule has 1 aliphatic rings. The molecular weight excluding hydrogens is 378 g/mol. The van der Waals surface area contributed by atoms with Gasteiger partial charge in [-0.2, -0.15) is 0 Å². The van der Waals surface area contributed by atoms with E-state index in [-0.39, 0.29) is 13.2 Å². The summed E-state index contributed by atoms with van der Waals surface area (Å²) in [5.74, 6) is 0.629. The van der Waals surface area contributed by atoms with Crippen molar-refractivity contribution in [3.05, 3.63) is 102 Å². The summed E-state index contributed by atoms with van der Waals surface area (Å²) in [7, 11) is 0. The van der Waals surface area contributed by atoms with Crippen molar-refractivity contribution in [1.82, 2.24) is 0 Å². The Morgan fingerprint density at radius 1 is 0.900 bits per heavy atom. The number of esters is 1. The minimum atomic E-state index is -1.09. The summed E-state index contributed by atoms with van der Waals surface area (Å²) in [6, 6.07) is 27.0. The maximum Gasteiger partial charge on any atom is 0.337 e. The molecule has 4 rings (SSSR count). The van der Waals surface area contributed by atoms with Crippen molar-refractivity contribution in [2.24, 2.45) is 4.99 Å². The largest absolute Gasteiger partial charge is 0.488 e. The van der Waals surface area contributed by atoms with Gasteiger partial charge in [0.15, 0.2) is 5.54 Å². The van der Waals surface area contributed by atoms with Crippen LogP contribution in [0.5, 0.6) is 5.75 Å². The maximum atomic E-state index is 12.7. The van der Waals surface area contributed by atoms with E-state index in [4.69, 9.17) is 14.2 Å². The molecule has 5 nitrogen and oxygen atoms in total. The van der Waals surface area contributed by atoms with Crippen LogP contribution in [0.25, 0.3) is 0 Å². The predicted molar refractivity (Wildman–Crippen MR) is 114 cm³/mol. The van der Waals surface area contributed by atoms with E-state index < -0.39 is 11.5 Å². The molecule has 0 saturated heterocycles. The number of ether oxygens (including phenoxy) is 3. The zero-order chi connectivity index (χ0) is 20.8. The molecule has 1 unspecified atom stereocenters. The fourth-order valence-electron chi connectivity index (χ4n) is 3.12. The molecule has 3 aromatic carbocycles. The molecule has 0 N–H and O–H groups in total. The van der Waals surface area contributed by atoms with Crippen LogP contribution in [-0.2, 0) is 27.5 Å². The normalized spacial score (nSPS) is 17.7. The van der Waals surface area contributed by atoms with Gasteiger partial charge in [-0.15, -0.1) is 0 Å². The number of nitrogens with zero attached hydrogens (tertiary/aromatic N) is 1. The summed E-state index contributed by atoms with van der Waals surface area (Å²) in [6.07, 6.45) is 0. The topological polar surface area (TPSA) is 57.1 Å². The van der Waals surface area contributed by atoms with Crippen LogP contribution in [0, 0.1) is 0 Å². The predicted octanol–water partition coefficient (Wildman–Crippen LogP) is 4.54. The van der Waals surface area contributed by atoms with Gasteiger partial charge in [-0.3, -0.25) is 0 Å². The highest BCUT2D eigenvalue weighted by Gasteiger charge is 2.41. The summed E-state index contributed by atoms with van der Waals surface area (Å²) in [5.41, 5.74) is 1.62. The van der Waals surface area contributed by atoms with E-state index in [0.29, 0.717) is 23.8 Å². The van der Waals surface area contributed by atoms with Gasteiger partial charge in [0.1, 0.15) is 25.6 Å². The van der Waals surface area contributed by atoms with Gasteiger partial charge in [-0.25, -0.2) is 9.79 Å². The molecular formula is C25H23NO4. The Balaban J connectivity index is 1.46. The first-order chi connectivity index (χ1) is 14.6.